The van der Waals surface area contributed by atoms with Crippen LogP contribution in [0.25, 0.3) is 0 Å². The number of phosphoric ester groups is 1. The number of rotatable bonds is 47. The van der Waals surface area contributed by atoms with Crippen molar-refractivity contribution in [3.05, 3.63) is 109 Å². The Hall–Kier alpha value is -2.84. The lowest BCUT2D eigenvalue weighted by atomic mass is 10.1. The van der Waals surface area contributed by atoms with Gasteiger partial charge in [-0.15, -0.1) is 0 Å². The Labute approximate surface area is 393 Å². The fourth-order valence-corrected chi connectivity index (χ4v) is 7.31. The molecule has 2 atom stereocenters. The highest BCUT2D eigenvalue weighted by atomic mass is 31.2. The summed E-state index contributed by atoms with van der Waals surface area (Å²) >= 11 is 0. The molecule has 0 aliphatic carbocycles. The summed E-state index contributed by atoms with van der Waals surface area (Å²) in [5, 5.41) is 0. The van der Waals surface area contributed by atoms with Crippen LogP contribution in [0.3, 0.4) is 0 Å². The molecular weight excluding hydrogens is 818 g/mol. The minimum Gasteiger partial charge on any atom is -0.457 e. The third-order valence-corrected chi connectivity index (χ3v) is 11.2. The molecule has 0 aliphatic heterocycles. The van der Waals surface area contributed by atoms with Crippen LogP contribution in [-0.2, 0) is 27.9 Å². The summed E-state index contributed by atoms with van der Waals surface area (Å²) in [6.45, 7) is 4.65. The van der Waals surface area contributed by atoms with E-state index in [-0.39, 0.29) is 32.3 Å². The van der Waals surface area contributed by atoms with E-state index >= 15 is 0 Å². The van der Waals surface area contributed by atoms with Crippen LogP contribution in [0.1, 0.15) is 194 Å². The fourth-order valence-electron chi connectivity index (χ4n) is 6.54. The Morgan fingerprint density at radius 3 is 1.23 bits per heavy atom. The predicted molar refractivity (Wildman–Crippen MR) is 274 cm³/mol. The fraction of sp³-hybridized carbons (Fsp3) is 0.655. The third kappa shape index (κ3) is 50.2. The summed E-state index contributed by atoms with van der Waals surface area (Å²) in [7, 11) is -4.30. The third-order valence-electron chi connectivity index (χ3n) is 10.2. The summed E-state index contributed by atoms with van der Waals surface area (Å²) in [6.07, 6.45) is 69.7. The molecule has 366 valence electrons. The maximum atomic E-state index is 12.7. The number of ether oxygens (including phenoxy) is 2. The maximum absolute atomic E-state index is 12.7. The molecule has 0 aliphatic rings. The molecule has 64 heavy (non-hydrogen) atoms. The minimum absolute atomic E-state index is 0.0912. The van der Waals surface area contributed by atoms with Gasteiger partial charge in [-0.3, -0.25) is 13.8 Å². The monoisotopic (exact) mass is 912 g/mol. The molecule has 0 aromatic carbocycles. The highest BCUT2D eigenvalue weighted by Crippen LogP contribution is 2.43. The highest BCUT2D eigenvalue weighted by Gasteiger charge is 2.25. The van der Waals surface area contributed by atoms with Crippen LogP contribution in [0.5, 0.6) is 0 Å². The molecule has 0 spiro atoms. The summed E-state index contributed by atoms with van der Waals surface area (Å²) in [6, 6.07) is 0. The summed E-state index contributed by atoms with van der Waals surface area (Å²) in [5.74, 6) is -0.345. The van der Waals surface area contributed by atoms with Gasteiger partial charge in [-0.25, -0.2) is 4.57 Å². The van der Waals surface area contributed by atoms with Gasteiger partial charge in [0.2, 0.25) is 0 Å². The van der Waals surface area contributed by atoms with Crippen molar-refractivity contribution in [2.24, 2.45) is 5.73 Å². The first-order valence-electron chi connectivity index (χ1n) is 25.4. The van der Waals surface area contributed by atoms with Crippen molar-refractivity contribution in [3.63, 3.8) is 0 Å². The normalized spacial score (nSPS) is 14.2. The van der Waals surface area contributed by atoms with Crippen molar-refractivity contribution in [3.8, 4) is 0 Å². The largest absolute Gasteiger partial charge is 0.472 e. The molecule has 0 heterocycles. The average molecular weight is 912 g/mol. The lowest BCUT2D eigenvalue weighted by Crippen LogP contribution is -2.28. The first kappa shape index (κ1) is 61.2. The summed E-state index contributed by atoms with van der Waals surface area (Å²) < 4.78 is 33.6. The van der Waals surface area contributed by atoms with Gasteiger partial charge in [-0.05, 0) is 96.3 Å². The van der Waals surface area contributed by atoms with E-state index < -0.39 is 13.9 Å². The lowest BCUT2D eigenvalue weighted by Gasteiger charge is -2.20. The van der Waals surface area contributed by atoms with Crippen LogP contribution in [-0.4, -0.2) is 49.9 Å². The standard InChI is InChI=1S/C55H94NO7P/c1-3-5-7-9-11-13-15-17-19-21-23-25-26-27-28-29-30-32-34-36-38-40-42-44-46-48-55(57)63-54(53-62-64(58,59)61-51-49-56)52-60-50-47-45-43-41-39-37-35-33-31-24-22-20-18-16-14-12-10-8-6-4-2/h5-8,11-14,17-20,23-25,27-28,31,54H,3-4,9-10,15-16,21-22,26,29-30,32-53,56H2,1-2H3,(H,58,59)/b7-5-,8-6-,13-11-,14-12-,19-17-,20-18-,25-23-,28-27-,31-24-. The molecule has 0 rings (SSSR count). The number of unbranched alkanes of at least 4 members (excludes halogenated alkanes) is 16. The number of phosphoric acid groups is 1. The number of hydrogen-bond acceptors (Lipinski definition) is 7. The quantitative estimate of drug-likeness (QED) is 0.0268. The van der Waals surface area contributed by atoms with Crippen molar-refractivity contribution in [1.82, 2.24) is 0 Å². The van der Waals surface area contributed by atoms with Gasteiger partial charge in [-0.2, -0.15) is 0 Å². The Bertz CT molecular complexity index is 1350. The van der Waals surface area contributed by atoms with E-state index in [2.05, 4.69) is 123 Å². The van der Waals surface area contributed by atoms with Crippen LogP contribution in [0.2, 0.25) is 0 Å². The van der Waals surface area contributed by atoms with Gasteiger partial charge >= 0.3 is 13.8 Å². The van der Waals surface area contributed by atoms with Crippen LogP contribution < -0.4 is 5.73 Å². The molecule has 9 heteroatoms. The molecule has 3 N–H and O–H groups in total. The van der Waals surface area contributed by atoms with Gasteiger partial charge < -0.3 is 20.1 Å². The van der Waals surface area contributed by atoms with E-state index in [1.165, 1.54) is 64.2 Å². The zero-order valence-corrected chi connectivity index (χ0v) is 41.6. The molecule has 0 saturated heterocycles. The van der Waals surface area contributed by atoms with E-state index in [4.69, 9.17) is 24.3 Å². The van der Waals surface area contributed by atoms with Crippen molar-refractivity contribution < 1.29 is 32.8 Å². The summed E-state index contributed by atoms with van der Waals surface area (Å²) in [5.41, 5.74) is 5.39. The number of esters is 1. The van der Waals surface area contributed by atoms with Gasteiger partial charge in [0.05, 0.1) is 19.8 Å². The first-order valence-corrected chi connectivity index (χ1v) is 26.9. The van der Waals surface area contributed by atoms with E-state index in [1.54, 1.807) is 0 Å². The number of hydrogen-bond donors (Lipinski definition) is 2. The lowest BCUT2D eigenvalue weighted by molar-refractivity contribution is -0.154. The number of allylic oxidation sites excluding steroid dienone is 18. The van der Waals surface area contributed by atoms with Gasteiger partial charge in [0, 0.05) is 19.6 Å². The van der Waals surface area contributed by atoms with E-state index in [9.17, 15) is 14.3 Å². The second-order valence-corrected chi connectivity index (χ2v) is 17.7. The van der Waals surface area contributed by atoms with Crippen LogP contribution in [0.4, 0.5) is 0 Å². The molecule has 0 aromatic rings. The maximum Gasteiger partial charge on any atom is 0.472 e. The Morgan fingerprint density at radius 1 is 0.469 bits per heavy atom. The van der Waals surface area contributed by atoms with Crippen molar-refractivity contribution >= 4 is 13.8 Å². The first-order chi connectivity index (χ1) is 31.4. The molecular formula is C55H94NO7P. The van der Waals surface area contributed by atoms with Crippen LogP contribution >= 0.6 is 7.82 Å². The average Bonchev–Trinajstić information content (AvgIpc) is 3.29. The molecule has 0 radical (unpaired) electrons. The van der Waals surface area contributed by atoms with Gasteiger partial charge in [0.25, 0.3) is 0 Å². The molecule has 0 amide bonds. The number of carbonyl (C=O) groups is 1. The molecule has 0 aromatic heterocycles. The molecule has 8 nitrogen and oxygen atoms in total. The highest BCUT2D eigenvalue weighted by molar-refractivity contribution is 7.47. The molecule has 0 saturated carbocycles. The van der Waals surface area contributed by atoms with Gasteiger partial charge in [-0.1, -0.05) is 200 Å². The number of nitrogens with two attached hydrogens (primary N) is 1. The summed E-state index contributed by atoms with van der Waals surface area (Å²) in [4.78, 5) is 22.6. The van der Waals surface area contributed by atoms with Gasteiger partial charge in [0.15, 0.2) is 0 Å². The second-order valence-electron chi connectivity index (χ2n) is 16.3. The van der Waals surface area contributed by atoms with E-state index in [1.807, 2.05) is 0 Å². The SMILES string of the molecule is CC/C=C\C/C=C\C/C=C\C/C=C\C/C=C\CCCCCCCCCCCC(=O)OC(COCCCCCCCCC/C=C\C/C=C\C/C=C\C/C=C\CC)COP(=O)(O)OCCN. The zero-order chi connectivity index (χ0) is 46.5. The second kappa shape index (κ2) is 51.1. The van der Waals surface area contributed by atoms with Crippen molar-refractivity contribution in [1.29, 1.82) is 0 Å². The molecule has 0 fully saturated rings. The topological polar surface area (TPSA) is 117 Å². The predicted octanol–water partition coefficient (Wildman–Crippen LogP) is 16.0. The Kier molecular flexibility index (Phi) is 48.9. The van der Waals surface area contributed by atoms with Crippen molar-refractivity contribution in [2.45, 2.75) is 200 Å². The molecule has 0 bridgehead atoms. The van der Waals surface area contributed by atoms with Gasteiger partial charge in [0.1, 0.15) is 6.10 Å². The van der Waals surface area contributed by atoms with Crippen LogP contribution in [0.15, 0.2) is 109 Å². The molecule has 2 unspecified atom stereocenters. The zero-order valence-electron chi connectivity index (χ0n) is 40.7. The van der Waals surface area contributed by atoms with Crippen LogP contribution in [0, 0.1) is 0 Å². The Morgan fingerprint density at radius 2 is 0.828 bits per heavy atom. The van der Waals surface area contributed by atoms with Crippen molar-refractivity contribution in [2.75, 3.05) is 33.0 Å². The van der Waals surface area contributed by atoms with E-state index in [0.29, 0.717) is 13.0 Å². The Balaban J connectivity index is 4.01. The number of carbonyl (C=O) groups excluding carboxylic acids is 1. The minimum atomic E-state index is -4.30. The van der Waals surface area contributed by atoms with E-state index in [0.717, 1.165) is 109 Å². The smallest absolute Gasteiger partial charge is 0.457 e.